The molecule has 0 aromatic heterocycles. The second-order valence-electron chi connectivity index (χ2n) is 5.84. The van der Waals surface area contributed by atoms with E-state index in [1.165, 1.54) is 0 Å². The summed E-state index contributed by atoms with van der Waals surface area (Å²) in [6, 6.07) is 0. The summed E-state index contributed by atoms with van der Waals surface area (Å²) in [7, 11) is 0. The van der Waals surface area contributed by atoms with Gasteiger partial charge in [0.2, 0.25) is 0 Å². The van der Waals surface area contributed by atoms with Crippen molar-refractivity contribution in [2.24, 2.45) is 0 Å². The number of carbonyl (C=O) groups excluding carboxylic acids is 1. The van der Waals surface area contributed by atoms with Crippen LogP contribution in [0.5, 0.6) is 11.5 Å². The third-order valence-electron chi connectivity index (χ3n) is 4.40. The third kappa shape index (κ3) is 2.58. The van der Waals surface area contributed by atoms with Gasteiger partial charge in [-0.25, -0.2) is 0 Å². The zero-order chi connectivity index (χ0) is 15.8. The summed E-state index contributed by atoms with van der Waals surface area (Å²) in [4.78, 5) is 12.2. The van der Waals surface area contributed by atoms with Gasteiger partial charge in [-0.1, -0.05) is 0 Å². The summed E-state index contributed by atoms with van der Waals surface area (Å²) < 4.78 is 6.02. The van der Waals surface area contributed by atoms with Crippen LogP contribution in [0.25, 0.3) is 0 Å². The molecule has 1 heterocycles. The highest BCUT2D eigenvalue weighted by atomic mass is 16.5. The van der Waals surface area contributed by atoms with Gasteiger partial charge in [0, 0.05) is 18.5 Å². The highest BCUT2D eigenvalue weighted by molar-refractivity contribution is 5.85. The van der Waals surface area contributed by atoms with Crippen molar-refractivity contribution in [3.63, 3.8) is 0 Å². The van der Waals surface area contributed by atoms with Gasteiger partial charge in [0.1, 0.15) is 11.5 Å². The van der Waals surface area contributed by atoms with Crippen molar-refractivity contribution in [2.75, 3.05) is 13.2 Å². The van der Waals surface area contributed by atoms with E-state index in [1.807, 2.05) is 20.8 Å². The number of hydrogen-bond acceptors (Lipinski definition) is 4. The maximum atomic E-state index is 12.2. The summed E-state index contributed by atoms with van der Waals surface area (Å²) in [5, 5.41) is 21.6. The van der Waals surface area contributed by atoms with Gasteiger partial charge in [0.25, 0.3) is 5.91 Å². The number of phenols is 1. The first-order valence-corrected chi connectivity index (χ1v) is 7.21. The van der Waals surface area contributed by atoms with Gasteiger partial charge >= 0.3 is 0 Å². The molecule has 1 aromatic carbocycles. The number of fused-ring (bicyclic) bond motifs is 1. The summed E-state index contributed by atoms with van der Waals surface area (Å²) in [6.45, 7) is 7.50. The lowest BCUT2D eigenvalue weighted by molar-refractivity contribution is -0.137. The minimum atomic E-state index is -0.942. The van der Waals surface area contributed by atoms with Gasteiger partial charge in [-0.2, -0.15) is 0 Å². The Labute approximate surface area is 124 Å². The molecule has 5 heteroatoms. The van der Waals surface area contributed by atoms with E-state index in [2.05, 4.69) is 5.32 Å². The summed E-state index contributed by atoms with van der Waals surface area (Å²) in [5.41, 5.74) is 2.51. The third-order valence-corrected chi connectivity index (χ3v) is 4.40. The summed E-state index contributed by atoms with van der Waals surface area (Å²) >= 11 is 0. The highest BCUT2D eigenvalue weighted by Crippen LogP contribution is 2.43. The number of rotatable bonds is 3. The van der Waals surface area contributed by atoms with Crippen molar-refractivity contribution < 1.29 is 19.7 Å². The SMILES string of the molecule is Cc1c(C)c2c(c(C)c1O)CC[C@](C)(C(=O)NCCO)O2. The number of nitrogens with one attached hydrogen (secondary N) is 1. The summed E-state index contributed by atoms with van der Waals surface area (Å²) in [6.07, 6.45) is 1.22. The predicted molar refractivity (Wildman–Crippen MR) is 79.8 cm³/mol. The molecule has 0 fully saturated rings. The molecule has 1 aliphatic rings. The van der Waals surface area contributed by atoms with Crippen LogP contribution in [-0.4, -0.2) is 34.9 Å². The quantitative estimate of drug-likeness (QED) is 0.789. The van der Waals surface area contributed by atoms with Crippen LogP contribution in [-0.2, 0) is 11.2 Å². The molecule has 0 aliphatic carbocycles. The topological polar surface area (TPSA) is 78.8 Å². The van der Waals surface area contributed by atoms with Crippen molar-refractivity contribution in [2.45, 2.75) is 46.1 Å². The lowest BCUT2D eigenvalue weighted by atomic mass is 9.86. The van der Waals surface area contributed by atoms with Crippen molar-refractivity contribution >= 4 is 5.91 Å². The van der Waals surface area contributed by atoms with Crippen LogP contribution >= 0.6 is 0 Å². The minimum Gasteiger partial charge on any atom is -0.507 e. The van der Waals surface area contributed by atoms with Gasteiger partial charge in [-0.3, -0.25) is 4.79 Å². The zero-order valence-corrected chi connectivity index (χ0v) is 13.0. The Bertz CT molecular complexity index is 582. The Morgan fingerprint density at radius 1 is 1.29 bits per heavy atom. The number of ether oxygens (including phenoxy) is 1. The molecular formula is C16H23NO4. The Hall–Kier alpha value is -1.75. The number of aliphatic hydroxyl groups excluding tert-OH is 1. The fourth-order valence-corrected chi connectivity index (χ4v) is 2.76. The average molecular weight is 293 g/mol. The normalized spacial score (nSPS) is 20.6. The Balaban J connectivity index is 2.38. The molecule has 1 aromatic rings. The van der Waals surface area contributed by atoms with Crippen molar-refractivity contribution in [1.82, 2.24) is 5.32 Å². The van der Waals surface area contributed by atoms with E-state index >= 15 is 0 Å². The molecule has 0 saturated carbocycles. The molecule has 1 aliphatic heterocycles. The fraction of sp³-hybridized carbons (Fsp3) is 0.562. The molecule has 0 spiro atoms. The first kappa shape index (κ1) is 15.6. The van der Waals surface area contributed by atoms with E-state index in [0.29, 0.717) is 24.3 Å². The van der Waals surface area contributed by atoms with Gasteiger partial charge in [0.05, 0.1) is 6.61 Å². The first-order chi connectivity index (χ1) is 9.81. The van der Waals surface area contributed by atoms with Crippen LogP contribution in [0.2, 0.25) is 0 Å². The molecule has 0 bridgehead atoms. The second kappa shape index (κ2) is 5.56. The smallest absolute Gasteiger partial charge is 0.263 e. The van der Waals surface area contributed by atoms with Crippen molar-refractivity contribution in [3.8, 4) is 11.5 Å². The van der Waals surface area contributed by atoms with Crippen LogP contribution < -0.4 is 10.1 Å². The standard InChI is InChI=1S/C16H23NO4/c1-9-10(2)14-12(11(3)13(9)19)5-6-16(4,21-14)15(20)17-7-8-18/h18-19H,5-8H2,1-4H3,(H,17,20)/t16-/m1/s1. The fourth-order valence-electron chi connectivity index (χ4n) is 2.76. The Morgan fingerprint density at radius 2 is 1.95 bits per heavy atom. The number of hydrogen-bond donors (Lipinski definition) is 3. The summed E-state index contributed by atoms with van der Waals surface area (Å²) in [5.74, 6) is 0.795. The molecule has 5 nitrogen and oxygen atoms in total. The highest BCUT2D eigenvalue weighted by Gasteiger charge is 2.40. The number of amides is 1. The Kier molecular flexibility index (Phi) is 4.14. The number of carbonyl (C=O) groups is 1. The van der Waals surface area contributed by atoms with Gasteiger partial charge in [-0.15, -0.1) is 0 Å². The molecule has 0 saturated heterocycles. The first-order valence-electron chi connectivity index (χ1n) is 7.21. The van der Waals surface area contributed by atoms with Gasteiger partial charge < -0.3 is 20.3 Å². The molecule has 0 unspecified atom stereocenters. The van der Waals surface area contributed by atoms with Crippen molar-refractivity contribution in [3.05, 3.63) is 22.3 Å². The Morgan fingerprint density at radius 3 is 2.57 bits per heavy atom. The van der Waals surface area contributed by atoms with Crippen LogP contribution in [0.1, 0.15) is 35.6 Å². The second-order valence-corrected chi connectivity index (χ2v) is 5.84. The molecule has 2 rings (SSSR count). The van der Waals surface area contributed by atoms with E-state index in [0.717, 1.165) is 22.3 Å². The lowest BCUT2D eigenvalue weighted by Gasteiger charge is -2.36. The van der Waals surface area contributed by atoms with Crippen LogP contribution in [0.4, 0.5) is 0 Å². The van der Waals surface area contributed by atoms with E-state index in [9.17, 15) is 9.90 Å². The number of aromatic hydroxyl groups is 1. The molecule has 116 valence electrons. The van der Waals surface area contributed by atoms with Gasteiger partial charge in [0.15, 0.2) is 5.60 Å². The molecular weight excluding hydrogens is 270 g/mol. The monoisotopic (exact) mass is 293 g/mol. The number of benzene rings is 1. The molecule has 3 N–H and O–H groups in total. The van der Waals surface area contributed by atoms with Crippen LogP contribution in [0.15, 0.2) is 0 Å². The van der Waals surface area contributed by atoms with E-state index in [-0.39, 0.29) is 19.1 Å². The van der Waals surface area contributed by atoms with Crippen LogP contribution in [0, 0.1) is 20.8 Å². The van der Waals surface area contributed by atoms with Gasteiger partial charge in [-0.05, 0) is 50.8 Å². The van der Waals surface area contributed by atoms with Crippen LogP contribution in [0.3, 0.4) is 0 Å². The molecule has 1 amide bonds. The average Bonchev–Trinajstić information content (AvgIpc) is 2.48. The largest absolute Gasteiger partial charge is 0.507 e. The maximum Gasteiger partial charge on any atom is 0.263 e. The molecule has 0 radical (unpaired) electrons. The lowest BCUT2D eigenvalue weighted by Crippen LogP contribution is -2.51. The molecule has 21 heavy (non-hydrogen) atoms. The zero-order valence-electron chi connectivity index (χ0n) is 13.0. The van der Waals surface area contributed by atoms with E-state index < -0.39 is 5.60 Å². The maximum absolute atomic E-state index is 12.2. The molecule has 1 atom stereocenters. The predicted octanol–water partition coefficient (Wildman–Crippen LogP) is 1.51. The van der Waals surface area contributed by atoms with Crippen molar-refractivity contribution in [1.29, 1.82) is 0 Å². The minimum absolute atomic E-state index is 0.0937. The number of phenolic OH excluding ortho intramolecular Hbond substituents is 1. The van der Waals surface area contributed by atoms with E-state index in [4.69, 9.17) is 9.84 Å². The van der Waals surface area contributed by atoms with E-state index in [1.54, 1.807) is 6.92 Å². The number of aliphatic hydroxyl groups is 1.